The number of carbonyl (C=O) groups excluding carboxylic acids is 8. The highest BCUT2D eigenvalue weighted by Gasteiger charge is 2.41. The smallest absolute Gasteiger partial charge is 0.306 e. The van der Waals surface area contributed by atoms with Gasteiger partial charge in [-0.05, 0) is 12.1 Å². The molecule has 0 radical (unpaired) electrons. The Morgan fingerprint density at radius 1 is 0.444 bits per heavy atom. The van der Waals surface area contributed by atoms with Gasteiger partial charge in [-0.25, -0.2) is 4.90 Å². The molecular formula is C38H50Cl3NO15S6. The number of imide groups is 1. The Morgan fingerprint density at radius 2 is 0.683 bits per heavy atom. The lowest BCUT2D eigenvalue weighted by Gasteiger charge is -2.35. The van der Waals surface area contributed by atoms with Crippen LogP contribution in [0.1, 0.15) is 38.5 Å². The van der Waals surface area contributed by atoms with Crippen LogP contribution in [-0.4, -0.2) is 135 Å². The van der Waals surface area contributed by atoms with Crippen molar-refractivity contribution in [2.45, 2.75) is 38.5 Å². The number of esters is 6. The molecule has 0 saturated carbocycles. The van der Waals surface area contributed by atoms with Crippen LogP contribution in [0.3, 0.4) is 0 Å². The highest BCUT2D eigenvalue weighted by molar-refractivity contribution is 7.81. The summed E-state index contributed by atoms with van der Waals surface area (Å²) < 4.78 is 38.6. The molecule has 0 unspecified atom stereocenters. The number of hydrogen-bond donors (Lipinski definition) is 6. The third-order valence-corrected chi connectivity index (χ3v) is 10.1. The molecule has 354 valence electrons. The van der Waals surface area contributed by atoms with Crippen LogP contribution < -0.4 is 4.90 Å². The number of thiol groups is 6. The Morgan fingerprint density at radius 3 is 0.905 bits per heavy atom. The van der Waals surface area contributed by atoms with Crippen LogP contribution in [0.15, 0.2) is 24.3 Å². The van der Waals surface area contributed by atoms with E-state index in [1.807, 2.05) is 0 Å². The number of ether oxygens (including phenoxy) is 7. The van der Waals surface area contributed by atoms with E-state index >= 15 is 0 Å². The van der Waals surface area contributed by atoms with Gasteiger partial charge in [0.05, 0.1) is 78.3 Å². The van der Waals surface area contributed by atoms with Crippen molar-refractivity contribution in [3.63, 3.8) is 0 Å². The second kappa shape index (κ2) is 32.5. The Kier molecular flexibility index (Phi) is 30.4. The summed E-state index contributed by atoms with van der Waals surface area (Å²) in [5.41, 5.74) is -2.66. The normalized spacial score (nSPS) is 12.3. The molecule has 2 rings (SSSR count). The van der Waals surface area contributed by atoms with E-state index in [9.17, 15) is 38.4 Å². The maximum absolute atomic E-state index is 12.3. The van der Waals surface area contributed by atoms with Crippen LogP contribution in [0.25, 0.3) is 0 Å². The number of halogens is 3. The quantitative estimate of drug-likeness (QED) is 0.0263. The van der Waals surface area contributed by atoms with Gasteiger partial charge in [0.25, 0.3) is 11.8 Å². The fourth-order valence-corrected chi connectivity index (χ4v) is 6.82. The number of carbonyl (C=O) groups is 8. The molecule has 1 aromatic rings. The number of hydrogen-bond acceptors (Lipinski definition) is 21. The van der Waals surface area contributed by atoms with Crippen LogP contribution in [-0.2, 0) is 71.5 Å². The summed E-state index contributed by atoms with van der Waals surface area (Å²) in [5.74, 6) is -3.32. The maximum atomic E-state index is 12.3. The molecule has 0 spiro atoms. The maximum Gasteiger partial charge on any atom is 0.306 e. The van der Waals surface area contributed by atoms with E-state index in [-0.39, 0.29) is 142 Å². The highest BCUT2D eigenvalue weighted by Crippen LogP contribution is 2.38. The minimum atomic E-state index is -1.41. The molecule has 0 aromatic heterocycles. The van der Waals surface area contributed by atoms with Crippen molar-refractivity contribution in [1.29, 1.82) is 0 Å². The molecule has 1 heterocycles. The van der Waals surface area contributed by atoms with E-state index in [0.717, 1.165) is 17.1 Å². The van der Waals surface area contributed by atoms with E-state index in [1.54, 1.807) is 0 Å². The summed E-state index contributed by atoms with van der Waals surface area (Å²) in [5, 5.41) is 0.650. The van der Waals surface area contributed by atoms with Gasteiger partial charge in [0.1, 0.15) is 39.6 Å². The summed E-state index contributed by atoms with van der Waals surface area (Å²) in [4.78, 5) is 97.6. The number of rotatable bonds is 29. The Hall–Kier alpha value is -2.15. The van der Waals surface area contributed by atoms with Crippen LogP contribution in [0.2, 0.25) is 15.1 Å². The fraction of sp³-hybridized carbons (Fsp3) is 0.579. The van der Waals surface area contributed by atoms with Crippen LogP contribution in [0, 0.1) is 10.8 Å². The van der Waals surface area contributed by atoms with Crippen molar-refractivity contribution < 1.29 is 71.5 Å². The average Bonchev–Trinajstić information content (AvgIpc) is 3.55. The zero-order valence-electron chi connectivity index (χ0n) is 33.8. The van der Waals surface area contributed by atoms with E-state index in [1.165, 1.54) is 12.1 Å². The molecule has 1 aliphatic rings. The van der Waals surface area contributed by atoms with Gasteiger partial charge in [-0.2, -0.15) is 75.8 Å². The molecule has 1 aliphatic heterocycles. The van der Waals surface area contributed by atoms with Crippen molar-refractivity contribution in [3.05, 3.63) is 39.4 Å². The van der Waals surface area contributed by atoms with Crippen molar-refractivity contribution in [2.24, 2.45) is 10.8 Å². The van der Waals surface area contributed by atoms with Gasteiger partial charge in [-0.1, -0.05) is 34.8 Å². The van der Waals surface area contributed by atoms with Gasteiger partial charge in [-0.3, -0.25) is 38.4 Å². The minimum Gasteiger partial charge on any atom is -0.465 e. The standard InChI is InChI=1S/C28H46O13S6.C10H4Cl3NO2/c29-21(1-7-42)36-15-27(16-37-22(30)2-8-43,17-38-23(31)3-9-44)13-35-14-28(18-39-24(32)4-10-45,19-40-25(33)5-11-46)20-41-26(34)6-12-47;11-5-3-6(12)10(7(13)4-5)14-8(15)1-2-9(14)16/h42-47H,1-20H2;1-4H. The molecule has 0 saturated heterocycles. The number of benzene rings is 1. The largest absolute Gasteiger partial charge is 0.465 e. The lowest BCUT2D eigenvalue weighted by molar-refractivity contribution is -0.174. The molecule has 16 nitrogen and oxygen atoms in total. The lowest BCUT2D eigenvalue weighted by Crippen LogP contribution is -2.47. The first kappa shape index (κ1) is 58.9. The molecule has 25 heteroatoms. The van der Waals surface area contributed by atoms with Crippen molar-refractivity contribution in [3.8, 4) is 0 Å². The van der Waals surface area contributed by atoms with E-state index in [4.69, 9.17) is 68.0 Å². The Labute approximate surface area is 413 Å². The van der Waals surface area contributed by atoms with E-state index in [2.05, 4.69) is 75.8 Å². The van der Waals surface area contributed by atoms with Crippen LogP contribution in [0.4, 0.5) is 5.69 Å². The third kappa shape index (κ3) is 23.2. The van der Waals surface area contributed by atoms with Gasteiger partial charge < -0.3 is 33.2 Å². The van der Waals surface area contributed by atoms with Crippen molar-refractivity contribution in [2.75, 3.05) is 92.3 Å². The van der Waals surface area contributed by atoms with Gasteiger partial charge in [0, 0.05) is 51.7 Å². The molecule has 63 heavy (non-hydrogen) atoms. The zero-order chi connectivity index (χ0) is 47.4. The molecule has 0 N–H and O–H groups in total. The van der Waals surface area contributed by atoms with Crippen LogP contribution in [0.5, 0.6) is 0 Å². The van der Waals surface area contributed by atoms with E-state index < -0.39 is 58.5 Å². The molecule has 0 fully saturated rings. The minimum absolute atomic E-state index is 0.0189. The number of nitrogens with zero attached hydrogens (tertiary/aromatic N) is 1. The second-order valence-electron chi connectivity index (χ2n) is 13.4. The van der Waals surface area contributed by atoms with Crippen LogP contribution >= 0.6 is 111 Å². The predicted molar refractivity (Wildman–Crippen MR) is 255 cm³/mol. The summed E-state index contributed by atoms with van der Waals surface area (Å²) in [7, 11) is 0. The average molecular weight is 1060 g/mol. The third-order valence-electron chi connectivity index (χ3n) is 7.96. The first-order valence-electron chi connectivity index (χ1n) is 18.8. The van der Waals surface area contributed by atoms with Gasteiger partial charge in [0.2, 0.25) is 0 Å². The van der Waals surface area contributed by atoms with E-state index in [0.29, 0.717) is 5.02 Å². The summed E-state index contributed by atoms with van der Waals surface area (Å²) in [6.07, 6.45) is 2.20. The molecule has 0 bridgehead atoms. The topological polar surface area (TPSA) is 204 Å². The molecule has 0 atom stereocenters. The molecule has 1 aromatic carbocycles. The number of amides is 2. The second-order valence-corrected chi connectivity index (χ2v) is 17.3. The first-order valence-corrected chi connectivity index (χ1v) is 23.7. The summed E-state index contributed by atoms with van der Waals surface area (Å²) in [6, 6.07) is 2.84. The monoisotopic (exact) mass is 1060 g/mol. The van der Waals surface area contributed by atoms with Gasteiger partial charge >= 0.3 is 35.8 Å². The summed E-state index contributed by atoms with van der Waals surface area (Å²) in [6.45, 7) is -3.02. The Balaban J connectivity index is 0.00000102. The highest BCUT2D eigenvalue weighted by atomic mass is 35.5. The SMILES string of the molecule is O=C(CCS)OCC(COCC(COC(=O)CCS)(COC(=O)CCS)COC(=O)CCS)(COC(=O)CCS)COC(=O)CCS.O=C1C=CC(=O)N1c1c(Cl)cc(Cl)cc1Cl. The molecule has 2 amide bonds. The Bertz CT molecular complexity index is 1520. The van der Waals surface area contributed by atoms with Crippen molar-refractivity contribution >= 4 is 164 Å². The lowest BCUT2D eigenvalue weighted by atomic mass is 9.90. The number of anilines is 1. The van der Waals surface area contributed by atoms with Gasteiger partial charge in [-0.15, -0.1) is 0 Å². The summed E-state index contributed by atoms with van der Waals surface area (Å²) >= 11 is 41.8. The predicted octanol–water partition coefficient (Wildman–Crippen LogP) is 5.23. The first-order chi connectivity index (χ1) is 29.9. The van der Waals surface area contributed by atoms with Gasteiger partial charge in [0.15, 0.2) is 0 Å². The molecule has 0 aliphatic carbocycles. The van der Waals surface area contributed by atoms with Crippen molar-refractivity contribution in [1.82, 2.24) is 0 Å². The molecular weight excluding hydrogens is 1010 g/mol. The fourth-order valence-electron chi connectivity index (χ4n) is 4.74. The zero-order valence-corrected chi connectivity index (χ0v) is 41.5.